The number of sulfonamides is 2. The molecule has 5 heterocycles. The molecule has 4 aromatic carbocycles. The Labute approximate surface area is 425 Å². The summed E-state index contributed by atoms with van der Waals surface area (Å²) in [6.07, 6.45) is 5.55. The van der Waals surface area contributed by atoms with Crippen molar-refractivity contribution in [1.82, 2.24) is 42.7 Å². The van der Waals surface area contributed by atoms with Crippen LogP contribution in [0.4, 0.5) is 11.4 Å². The standard InChI is InChI=1S/C25H33N7O6S.C23H25N5O6S/c1-25(34,14-27-9-8-26)15-37-17-6-5-7-18(10-17)38-22-12-21-20(31(3)24(33)32(21)4)11-19(22)29-39(35,36)23-13-30(2)16-28-23;1-23(13-33-23)12-32-15-6-5-7-16(8-15)34-20-10-19-18(27(3)22(29)28(19)4)9-17(20)25-35(30,31)21-11-26(2)14-24-21/h5-7,10-13,16,27,29,34H,8-9,14-15,26H2,1-4H3;5-11,14,25H,12-13H2,1-4H3. The van der Waals surface area contributed by atoms with Crippen molar-refractivity contribution >= 4 is 53.5 Å². The second kappa shape index (κ2) is 20.7. The van der Waals surface area contributed by atoms with Gasteiger partial charge in [-0.05, 0) is 50.2 Å². The zero-order valence-electron chi connectivity index (χ0n) is 41.9. The molecule has 0 saturated carbocycles. The summed E-state index contributed by atoms with van der Waals surface area (Å²) in [6, 6.07) is 20.1. The van der Waals surface area contributed by atoms with Crippen LogP contribution < -0.4 is 50.8 Å². The van der Waals surface area contributed by atoms with Gasteiger partial charge in [0.15, 0.2) is 21.6 Å². The first-order valence-corrected chi connectivity index (χ1v) is 25.9. The second-order valence-corrected chi connectivity index (χ2v) is 21.6. The molecular formula is C48H58N12O12S2. The van der Waals surface area contributed by atoms with Crippen LogP contribution in [0.2, 0.25) is 0 Å². The third kappa shape index (κ3) is 11.9. The van der Waals surface area contributed by atoms with Gasteiger partial charge in [-0.3, -0.25) is 27.7 Å². The number of nitrogens with two attached hydrogens (primary N) is 1. The minimum Gasteiger partial charge on any atom is -0.490 e. The summed E-state index contributed by atoms with van der Waals surface area (Å²) in [5.74, 6) is 2.19. The minimum atomic E-state index is -4.06. The van der Waals surface area contributed by atoms with Gasteiger partial charge in [0.25, 0.3) is 20.0 Å². The predicted molar refractivity (Wildman–Crippen MR) is 275 cm³/mol. The third-order valence-corrected chi connectivity index (χ3v) is 14.3. The molecule has 2 atom stereocenters. The summed E-state index contributed by atoms with van der Waals surface area (Å²) in [7, 11) is 1.75. The zero-order chi connectivity index (χ0) is 53.3. The highest BCUT2D eigenvalue weighted by Gasteiger charge is 2.40. The highest BCUT2D eigenvalue weighted by molar-refractivity contribution is 7.93. The van der Waals surface area contributed by atoms with Crippen LogP contribution in [0.25, 0.3) is 22.1 Å². The molecule has 24 nitrogen and oxygen atoms in total. The van der Waals surface area contributed by atoms with E-state index >= 15 is 0 Å². The van der Waals surface area contributed by atoms with Gasteiger partial charge in [0.2, 0.25) is 0 Å². The molecule has 8 aromatic rings. The lowest BCUT2D eigenvalue weighted by molar-refractivity contribution is 0.0126. The van der Waals surface area contributed by atoms with E-state index in [0.717, 1.165) is 0 Å². The van der Waals surface area contributed by atoms with Gasteiger partial charge in [-0.2, -0.15) is 16.8 Å². The SMILES string of the molecule is Cn1cnc(S(=O)(=O)Nc2cc3c(cc2Oc2cccc(OCC(C)(O)CNCCN)c2)n(C)c(=O)n3C)c1.Cn1cnc(S(=O)(=O)Nc2cc3c(cc2Oc2cccc(OCC4(C)CO4)c2)n(C)c(=O)n3C)c1. The Morgan fingerprint density at radius 1 is 0.689 bits per heavy atom. The molecule has 74 heavy (non-hydrogen) atoms. The van der Waals surface area contributed by atoms with Crippen LogP contribution in [0.5, 0.6) is 34.5 Å². The molecule has 0 bridgehead atoms. The number of aryl methyl sites for hydroxylation is 6. The van der Waals surface area contributed by atoms with Gasteiger partial charge in [0.05, 0.1) is 52.7 Å². The van der Waals surface area contributed by atoms with Gasteiger partial charge in [0.1, 0.15) is 47.4 Å². The van der Waals surface area contributed by atoms with Gasteiger partial charge < -0.3 is 49.0 Å². The fourth-order valence-electron chi connectivity index (χ4n) is 7.53. The third-order valence-electron chi connectivity index (χ3n) is 11.8. The largest absolute Gasteiger partial charge is 0.490 e. The van der Waals surface area contributed by atoms with Crippen LogP contribution in [0, 0.1) is 0 Å². The van der Waals surface area contributed by atoms with Crippen LogP contribution in [0.3, 0.4) is 0 Å². The molecule has 394 valence electrons. The molecular weight excluding hydrogens is 1000 g/mol. The van der Waals surface area contributed by atoms with E-state index in [9.17, 15) is 31.5 Å². The monoisotopic (exact) mass is 1060 g/mol. The van der Waals surface area contributed by atoms with Crippen molar-refractivity contribution in [2.24, 2.45) is 48.0 Å². The Balaban J connectivity index is 0.000000198. The Hall–Kier alpha value is -7.62. The highest BCUT2D eigenvalue weighted by atomic mass is 32.2. The molecule has 0 radical (unpaired) electrons. The van der Waals surface area contributed by atoms with E-state index in [-0.39, 0.29) is 56.5 Å². The van der Waals surface area contributed by atoms with Crippen molar-refractivity contribution in [3.63, 3.8) is 0 Å². The lowest BCUT2D eigenvalue weighted by Gasteiger charge is -2.24. The van der Waals surface area contributed by atoms with Gasteiger partial charge in [-0.1, -0.05) is 12.1 Å². The first-order chi connectivity index (χ1) is 34.9. The van der Waals surface area contributed by atoms with Crippen LogP contribution in [0.15, 0.2) is 117 Å². The average Bonchev–Trinajstić information content (AvgIpc) is 3.57. The van der Waals surface area contributed by atoms with E-state index in [1.165, 1.54) is 52.5 Å². The smallest absolute Gasteiger partial charge is 0.328 e. The van der Waals surface area contributed by atoms with Crippen LogP contribution in [-0.2, 0) is 67.1 Å². The number of aromatic nitrogens is 8. The predicted octanol–water partition coefficient (Wildman–Crippen LogP) is 3.25. The normalized spacial score (nSPS) is 15.3. The average molecular weight is 1060 g/mol. The number of hydrogen-bond donors (Lipinski definition) is 5. The van der Waals surface area contributed by atoms with E-state index in [1.54, 1.807) is 122 Å². The number of epoxide rings is 1. The lowest BCUT2D eigenvalue weighted by atomic mass is 10.1. The Morgan fingerprint density at radius 3 is 1.51 bits per heavy atom. The van der Waals surface area contributed by atoms with E-state index in [2.05, 4.69) is 24.7 Å². The number of benzene rings is 4. The maximum absolute atomic E-state index is 13.1. The van der Waals surface area contributed by atoms with Crippen molar-refractivity contribution in [3.8, 4) is 34.5 Å². The number of rotatable bonds is 20. The van der Waals surface area contributed by atoms with Crippen LogP contribution >= 0.6 is 0 Å². The highest BCUT2D eigenvalue weighted by Crippen LogP contribution is 2.38. The van der Waals surface area contributed by atoms with E-state index < -0.39 is 25.6 Å². The van der Waals surface area contributed by atoms with Crippen molar-refractivity contribution in [3.05, 3.63) is 119 Å². The molecule has 0 amide bonds. The number of nitrogens with one attached hydrogen (secondary N) is 3. The molecule has 26 heteroatoms. The van der Waals surface area contributed by atoms with Gasteiger partial charge in [-0.25, -0.2) is 19.6 Å². The summed E-state index contributed by atoms with van der Waals surface area (Å²) in [6.45, 7) is 6.02. The van der Waals surface area contributed by atoms with E-state index in [0.29, 0.717) is 77.9 Å². The topological polar surface area (TPSA) is 290 Å². The molecule has 1 aliphatic heterocycles. The van der Waals surface area contributed by atoms with Crippen molar-refractivity contribution in [1.29, 1.82) is 0 Å². The number of nitrogens with zero attached hydrogens (tertiary/aromatic N) is 8. The summed E-state index contributed by atoms with van der Waals surface area (Å²) in [5, 5.41) is 13.3. The number of imidazole rings is 4. The quantitative estimate of drug-likeness (QED) is 0.0541. The molecule has 1 fully saturated rings. The van der Waals surface area contributed by atoms with Crippen LogP contribution in [0.1, 0.15) is 13.8 Å². The molecule has 0 spiro atoms. The van der Waals surface area contributed by atoms with Crippen LogP contribution in [-0.4, -0.2) is 110 Å². The first kappa shape index (κ1) is 52.7. The first-order valence-electron chi connectivity index (χ1n) is 22.9. The number of aliphatic hydroxyl groups is 1. The summed E-state index contributed by atoms with van der Waals surface area (Å²) >= 11 is 0. The number of fused-ring (bicyclic) bond motifs is 2. The molecule has 1 aliphatic rings. The second-order valence-electron chi connectivity index (χ2n) is 18.4. The molecule has 6 N–H and O–H groups in total. The van der Waals surface area contributed by atoms with Gasteiger partial charge in [-0.15, -0.1) is 0 Å². The molecule has 2 unspecified atom stereocenters. The Bertz CT molecular complexity index is 3720. The van der Waals surface area contributed by atoms with Gasteiger partial charge >= 0.3 is 11.4 Å². The van der Waals surface area contributed by atoms with Crippen molar-refractivity contribution in [2.75, 3.05) is 48.9 Å². The fraction of sp³-hybridized carbons (Fsp3) is 0.333. The molecule has 1 saturated heterocycles. The molecule has 9 rings (SSSR count). The fourth-order valence-corrected chi connectivity index (χ4v) is 9.62. The van der Waals surface area contributed by atoms with Gasteiger partial charge in [0, 0.05) is 98.6 Å². The van der Waals surface area contributed by atoms with E-state index in [1.807, 2.05) is 6.92 Å². The number of anilines is 2. The lowest BCUT2D eigenvalue weighted by Crippen LogP contribution is -2.44. The minimum absolute atomic E-state index is 0.0151. The number of ether oxygens (including phenoxy) is 5. The van der Waals surface area contributed by atoms with E-state index in [4.69, 9.17) is 29.4 Å². The summed E-state index contributed by atoms with van der Waals surface area (Å²) in [5.41, 5.74) is 6.02. The Morgan fingerprint density at radius 2 is 1.11 bits per heavy atom. The van der Waals surface area contributed by atoms with Crippen molar-refractivity contribution in [2.45, 2.75) is 35.1 Å². The van der Waals surface area contributed by atoms with Crippen molar-refractivity contribution < 1.29 is 45.6 Å². The number of hydrogen-bond acceptors (Lipinski definition) is 16. The summed E-state index contributed by atoms with van der Waals surface area (Å²) in [4.78, 5) is 32.9. The molecule has 0 aliphatic carbocycles. The zero-order valence-corrected chi connectivity index (χ0v) is 43.5. The molecule has 4 aromatic heterocycles. The maximum Gasteiger partial charge on any atom is 0.328 e. The summed E-state index contributed by atoms with van der Waals surface area (Å²) < 4.78 is 95.2. The Kier molecular flexibility index (Phi) is 14.7. The maximum atomic E-state index is 13.1.